The zero-order valence-corrected chi connectivity index (χ0v) is 37.9. The lowest BCUT2D eigenvalue weighted by atomic mass is 10.0. The molecule has 3 fully saturated rings. The van der Waals surface area contributed by atoms with Gasteiger partial charge in [-0.2, -0.15) is 0 Å². The smallest absolute Gasteiger partial charge is 0.227 e. The van der Waals surface area contributed by atoms with Crippen molar-refractivity contribution in [2.75, 3.05) is 45.8 Å². The van der Waals surface area contributed by atoms with Gasteiger partial charge in [0.25, 0.3) is 0 Å². The van der Waals surface area contributed by atoms with Crippen LogP contribution in [0.15, 0.2) is 122 Å². The number of hydrogen-bond donors (Lipinski definition) is 2. The number of benzene rings is 4. The summed E-state index contributed by atoms with van der Waals surface area (Å²) in [6.07, 6.45) is 7.40. The minimum absolute atomic E-state index is 0.0296. The maximum Gasteiger partial charge on any atom is 0.227 e. The number of thiazole rings is 2. The molecule has 3 saturated heterocycles. The van der Waals surface area contributed by atoms with Gasteiger partial charge in [0.05, 0.1) is 34.3 Å². The highest BCUT2D eigenvalue weighted by atomic mass is 32.1. The summed E-state index contributed by atoms with van der Waals surface area (Å²) in [7, 11) is 0. The molecule has 0 bridgehead atoms. The van der Waals surface area contributed by atoms with Crippen LogP contribution in [0.2, 0.25) is 0 Å². The van der Waals surface area contributed by atoms with Crippen LogP contribution < -0.4 is 5.32 Å². The van der Waals surface area contributed by atoms with Gasteiger partial charge in [0.2, 0.25) is 17.7 Å². The second-order valence-corrected chi connectivity index (χ2v) is 19.2. The van der Waals surface area contributed by atoms with E-state index in [1.54, 1.807) is 29.6 Å². The standard InChI is InChI=1S/C51H55N7O4S2/c1-35(59)56-30-28-55(29-31-56)27-24-46(60)54-48(41-12-6-3-7-13-41)51(62)58-26-9-15-43(58)50-53-34-45(64-50)40-22-18-38(19-23-40)37-16-20-39(21-17-37)44-33-52-49(63-44)42-14-8-25-57(42)47(61)32-36-10-4-2-5-11-36/h2-7,10-13,16-23,33-34,42-43,48,51,62H,8-9,14-15,24-32H2,1H3,(H,54,60)/t42-,43-,48+,51?/m0/s1. The Morgan fingerprint density at radius 2 is 1.23 bits per heavy atom. The molecule has 6 aromatic rings. The number of likely N-dealkylation sites (tertiary alicyclic amines) is 2. The highest BCUT2D eigenvalue weighted by molar-refractivity contribution is 7.15. The Balaban J connectivity index is 0.820. The van der Waals surface area contributed by atoms with Gasteiger partial charge in [0, 0.05) is 71.6 Å². The zero-order chi connectivity index (χ0) is 44.0. The SMILES string of the molecule is CC(=O)N1CCN(CCC(=O)N[C@H](c2ccccc2)C(O)N2CCC[C@H]2c2ncc(-c3ccc(-c4ccc(-c5cnc([C@@H]6CCCN6C(=O)Cc6ccccc6)s5)cc4)cc3)s2)CC1. The van der Waals surface area contributed by atoms with E-state index in [2.05, 4.69) is 63.6 Å². The second-order valence-electron chi connectivity index (χ2n) is 17.1. The lowest BCUT2D eigenvalue weighted by Gasteiger charge is -2.35. The molecule has 330 valence electrons. The summed E-state index contributed by atoms with van der Waals surface area (Å²) in [5, 5.41) is 17.2. The van der Waals surface area contributed by atoms with E-state index >= 15 is 0 Å². The Morgan fingerprint density at radius 3 is 1.84 bits per heavy atom. The molecule has 0 radical (unpaired) electrons. The monoisotopic (exact) mass is 893 g/mol. The Labute approximate surface area is 383 Å². The summed E-state index contributed by atoms with van der Waals surface area (Å²) in [6, 6.07) is 36.3. The third-order valence-electron chi connectivity index (χ3n) is 12.9. The third-order valence-corrected chi connectivity index (χ3v) is 15.2. The summed E-state index contributed by atoms with van der Waals surface area (Å²) < 4.78 is 0. The number of nitrogens with one attached hydrogen (secondary N) is 1. The normalized spacial score (nSPS) is 19.2. The highest BCUT2D eigenvalue weighted by Crippen LogP contribution is 2.41. The second kappa shape index (κ2) is 20.1. The zero-order valence-electron chi connectivity index (χ0n) is 36.2. The van der Waals surface area contributed by atoms with E-state index in [1.165, 1.54) is 0 Å². The Hall–Kier alpha value is -5.57. The predicted molar refractivity (Wildman–Crippen MR) is 253 cm³/mol. The van der Waals surface area contributed by atoms with Crippen molar-refractivity contribution in [1.29, 1.82) is 0 Å². The molecule has 0 aliphatic carbocycles. The fourth-order valence-corrected chi connectivity index (χ4v) is 11.5. The van der Waals surface area contributed by atoms with Gasteiger partial charge >= 0.3 is 0 Å². The van der Waals surface area contributed by atoms with Gasteiger partial charge in [0.15, 0.2) is 0 Å². The van der Waals surface area contributed by atoms with Crippen molar-refractivity contribution in [3.63, 3.8) is 0 Å². The van der Waals surface area contributed by atoms with Gasteiger partial charge in [-0.3, -0.25) is 24.2 Å². The number of amides is 3. The maximum absolute atomic E-state index is 13.4. The number of aliphatic hydroxyl groups excluding tert-OH is 1. The molecule has 5 heterocycles. The summed E-state index contributed by atoms with van der Waals surface area (Å²) in [6.45, 7) is 6.53. The molecular weight excluding hydrogens is 839 g/mol. The summed E-state index contributed by atoms with van der Waals surface area (Å²) in [5.74, 6) is 0.141. The van der Waals surface area contributed by atoms with Gasteiger partial charge in [-0.15, -0.1) is 22.7 Å². The van der Waals surface area contributed by atoms with Gasteiger partial charge in [0.1, 0.15) is 16.2 Å². The number of carbonyl (C=O) groups excluding carboxylic acids is 3. The van der Waals surface area contributed by atoms with Crippen LogP contribution in [0.25, 0.3) is 32.0 Å². The molecule has 4 aromatic carbocycles. The number of aliphatic hydroxyl groups is 1. The van der Waals surface area contributed by atoms with Crippen LogP contribution in [0.5, 0.6) is 0 Å². The van der Waals surface area contributed by atoms with E-state index in [1.807, 2.05) is 82.9 Å². The van der Waals surface area contributed by atoms with Crippen LogP contribution in [0.4, 0.5) is 0 Å². The molecule has 2 aromatic heterocycles. The Morgan fingerprint density at radius 1 is 0.688 bits per heavy atom. The molecule has 13 heteroatoms. The molecule has 11 nitrogen and oxygen atoms in total. The molecule has 3 aliphatic heterocycles. The molecular formula is C51H55N7O4S2. The lowest BCUT2D eigenvalue weighted by molar-refractivity contribution is -0.131. The number of carbonyl (C=O) groups is 3. The Kier molecular flexibility index (Phi) is 13.7. The van der Waals surface area contributed by atoms with E-state index in [0.29, 0.717) is 39.0 Å². The van der Waals surface area contributed by atoms with Crippen molar-refractivity contribution in [2.24, 2.45) is 0 Å². The third kappa shape index (κ3) is 10.0. The highest BCUT2D eigenvalue weighted by Gasteiger charge is 2.38. The molecule has 64 heavy (non-hydrogen) atoms. The number of hydrogen-bond acceptors (Lipinski definition) is 10. The Bertz CT molecular complexity index is 2510. The van der Waals surface area contributed by atoms with Gasteiger partial charge in [-0.05, 0) is 59.1 Å². The van der Waals surface area contributed by atoms with Gasteiger partial charge < -0.3 is 20.2 Å². The fraction of sp³-hybridized carbons (Fsp3) is 0.353. The molecule has 0 saturated carbocycles. The number of rotatable bonds is 14. The number of aromatic nitrogens is 2. The minimum Gasteiger partial charge on any atom is -0.376 e. The number of nitrogens with zero attached hydrogens (tertiary/aromatic N) is 6. The van der Waals surface area contributed by atoms with E-state index in [-0.39, 0.29) is 29.8 Å². The largest absolute Gasteiger partial charge is 0.376 e. The molecule has 3 amide bonds. The number of piperazine rings is 1. The summed E-state index contributed by atoms with van der Waals surface area (Å²) in [4.78, 5) is 58.5. The average molecular weight is 894 g/mol. The summed E-state index contributed by atoms with van der Waals surface area (Å²) >= 11 is 3.34. The van der Waals surface area contributed by atoms with Crippen LogP contribution in [-0.4, -0.2) is 104 Å². The first-order valence-electron chi connectivity index (χ1n) is 22.5. The van der Waals surface area contributed by atoms with Crippen molar-refractivity contribution in [1.82, 2.24) is 34.9 Å². The molecule has 0 spiro atoms. The van der Waals surface area contributed by atoms with Crippen LogP contribution in [0.1, 0.15) is 78.3 Å². The van der Waals surface area contributed by atoms with E-state index in [0.717, 1.165) is 98.5 Å². The van der Waals surface area contributed by atoms with E-state index < -0.39 is 12.3 Å². The molecule has 3 aliphatic rings. The van der Waals surface area contributed by atoms with Crippen molar-refractivity contribution >= 4 is 40.4 Å². The van der Waals surface area contributed by atoms with Gasteiger partial charge in [-0.1, -0.05) is 109 Å². The first-order valence-corrected chi connectivity index (χ1v) is 24.1. The van der Waals surface area contributed by atoms with Crippen molar-refractivity contribution in [3.8, 4) is 32.0 Å². The topological polar surface area (TPSA) is 122 Å². The lowest BCUT2D eigenvalue weighted by Crippen LogP contribution is -2.49. The van der Waals surface area contributed by atoms with Crippen LogP contribution in [0.3, 0.4) is 0 Å². The van der Waals surface area contributed by atoms with E-state index in [9.17, 15) is 19.5 Å². The molecule has 4 atom stereocenters. The fourth-order valence-electron chi connectivity index (χ4n) is 9.34. The van der Waals surface area contributed by atoms with Gasteiger partial charge in [-0.25, -0.2) is 9.97 Å². The van der Waals surface area contributed by atoms with Crippen LogP contribution in [-0.2, 0) is 20.8 Å². The molecule has 2 N–H and O–H groups in total. The average Bonchev–Trinajstić information content (AvgIpc) is 4.19. The molecule has 9 rings (SSSR count). The summed E-state index contributed by atoms with van der Waals surface area (Å²) in [5.41, 5.74) is 6.35. The van der Waals surface area contributed by atoms with Crippen LogP contribution >= 0.6 is 22.7 Å². The maximum atomic E-state index is 13.4. The first-order chi connectivity index (χ1) is 31.3. The van der Waals surface area contributed by atoms with Crippen molar-refractivity contribution in [3.05, 3.63) is 143 Å². The quantitative estimate of drug-likeness (QED) is 0.112. The molecule has 1 unspecified atom stereocenters. The van der Waals surface area contributed by atoms with Crippen molar-refractivity contribution in [2.45, 2.75) is 69.8 Å². The first kappa shape index (κ1) is 43.7. The predicted octanol–water partition coefficient (Wildman–Crippen LogP) is 8.37. The van der Waals surface area contributed by atoms with Crippen LogP contribution in [0, 0.1) is 0 Å². The minimum atomic E-state index is -0.937. The van der Waals surface area contributed by atoms with E-state index in [4.69, 9.17) is 9.97 Å². The van der Waals surface area contributed by atoms with Crippen molar-refractivity contribution < 1.29 is 19.5 Å².